The number of carbonyl (C=O) groups is 1. The molecule has 1 amide bonds. The van der Waals surface area contributed by atoms with Crippen LogP contribution in [0, 0.1) is 0 Å². The van der Waals surface area contributed by atoms with Gasteiger partial charge in [-0.3, -0.25) is 4.79 Å². The molecule has 3 heteroatoms. The fourth-order valence-electron chi connectivity index (χ4n) is 3.05. The second-order valence-corrected chi connectivity index (χ2v) is 5.67. The van der Waals surface area contributed by atoms with Crippen LogP contribution in [0.1, 0.15) is 30.5 Å². The van der Waals surface area contributed by atoms with Gasteiger partial charge < -0.3 is 10.6 Å². The summed E-state index contributed by atoms with van der Waals surface area (Å²) >= 11 is 0. The Bertz CT molecular complexity index is 639. The lowest BCUT2D eigenvalue weighted by molar-refractivity contribution is -0.119. The van der Waals surface area contributed by atoms with Crippen LogP contribution in [0.25, 0.3) is 0 Å². The number of hydrogen-bond acceptors (Lipinski definition) is 2. The fraction of sp³-hybridized carbons (Fsp3) is 0.278. The molecule has 108 valence electrons. The Kier molecular flexibility index (Phi) is 3.76. The molecule has 1 aliphatic heterocycles. The molecule has 0 aliphatic carbocycles. The van der Waals surface area contributed by atoms with E-state index in [0.717, 1.165) is 17.7 Å². The molecule has 1 heterocycles. The normalized spacial score (nSPS) is 18.4. The van der Waals surface area contributed by atoms with Crippen LogP contribution in [-0.2, 0) is 11.2 Å². The lowest BCUT2D eigenvalue weighted by Gasteiger charge is -2.24. The Labute approximate surface area is 125 Å². The van der Waals surface area contributed by atoms with Crippen LogP contribution >= 0.6 is 0 Å². The predicted molar refractivity (Wildman–Crippen MR) is 85.1 cm³/mol. The van der Waals surface area contributed by atoms with Gasteiger partial charge in [0.1, 0.15) is 0 Å². The smallest absolute Gasteiger partial charge is 0.229 e. The van der Waals surface area contributed by atoms with Crippen LogP contribution in [-0.4, -0.2) is 11.9 Å². The third-order valence-electron chi connectivity index (χ3n) is 4.10. The number of amides is 1. The second kappa shape index (κ2) is 5.70. The van der Waals surface area contributed by atoms with Crippen LogP contribution in [0.2, 0.25) is 0 Å². The molecule has 21 heavy (non-hydrogen) atoms. The number of nitrogens with two attached hydrogens (primary N) is 1. The number of carbonyl (C=O) groups excluding carboxylic acids is 1. The van der Waals surface area contributed by atoms with Crippen molar-refractivity contribution in [1.29, 1.82) is 0 Å². The summed E-state index contributed by atoms with van der Waals surface area (Å²) in [6, 6.07) is 17.9. The zero-order valence-corrected chi connectivity index (χ0v) is 12.2. The van der Waals surface area contributed by atoms with E-state index in [2.05, 4.69) is 13.0 Å². The van der Waals surface area contributed by atoms with E-state index >= 15 is 0 Å². The van der Waals surface area contributed by atoms with Gasteiger partial charge in [0.25, 0.3) is 0 Å². The van der Waals surface area contributed by atoms with Crippen molar-refractivity contribution in [3.05, 3.63) is 65.7 Å². The molecule has 0 saturated heterocycles. The first-order valence-corrected chi connectivity index (χ1v) is 7.37. The van der Waals surface area contributed by atoms with Crippen molar-refractivity contribution in [2.75, 3.05) is 4.90 Å². The van der Waals surface area contributed by atoms with Crippen LogP contribution in [0.4, 0.5) is 5.69 Å². The Morgan fingerprint density at radius 3 is 2.62 bits per heavy atom. The van der Waals surface area contributed by atoms with Gasteiger partial charge in [0.2, 0.25) is 5.91 Å². The van der Waals surface area contributed by atoms with Crippen molar-refractivity contribution >= 4 is 11.6 Å². The van der Waals surface area contributed by atoms with Gasteiger partial charge in [0.15, 0.2) is 0 Å². The number of rotatable bonds is 3. The van der Waals surface area contributed by atoms with Gasteiger partial charge in [-0.15, -0.1) is 0 Å². The van der Waals surface area contributed by atoms with E-state index in [1.54, 1.807) is 0 Å². The van der Waals surface area contributed by atoms with Crippen LogP contribution < -0.4 is 10.6 Å². The monoisotopic (exact) mass is 280 g/mol. The summed E-state index contributed by atoms with van der Waals surface area (Å²) in [5, 5.41) is 0. The number of para-hydroxylation sites is 1. The topological polar surface area (TPSA) is 46.3 Å². The summed E-state index contributed by atoms with van der Waals surface area (Å²) in [7, 11) is 0. The predicted octanol–water partition coefficient (Wildman–Crippen LogP) is 3.05. The maximum absolute atomic E-state index is 12.6. The Morgan fingerprint density at radius 1 is 1.19 bits per heavy atom. The highest BCUT2D eigenvalue weighted by Crippen LogP contribution is 2.33. The van der Waals surface area contributed by atoms with Gasteiger partial charge >= 0.3 is 0 Å². The molecule has 0 fully saturated rings. The van der Waals surface area contributed by atoms with Crippen molar-refractivity contribution in [2.24, 2.45) is 5.73 Å². The molecule has 1 aliphatic rings. The molecule has 0 radical (unpaired) electrons. The summed E-state index contributed by atoms with van der Waals surface area (Å²) in [4.78, 5) is 14.5. The van der Waals surface area contributed by atoms with E-state index in [1.165, 1.54) is 5.56 Å². The highest BCUT2D eigenvalue weighted by molar-refractivity contribution is 5.96. The number of hydrogen-bond donors (Lipinski definition) is 1. The molecular formula is C18H20N2O. The number of benzene rings is 2. The zero-order valence-electron chi connectivity index (χ0n) is 12.2. The average molecular weight is 280 g/mol. The fourth-order valence-corrected chi connectivity index (χ4v) is 3.05. The summed E-state index contributed by atoms with van der Waals surface area (Å²) in [5.41, 5.74) is 9.47. The van der Waals surface area contributed by atoms with Crippen molar-refractivity contribution < 1.29 is 4.79 Å². The lowest BCUT2D eigenvalue weighted by Crippen LogP contribution is -2.37. The van der Waals surface area contributed by atoms with E-state index in [0.29, 0.717) is 6.42 Å². The number of nitrogens with zero attached hydrogens (tertiary/aromatic N) is 1. The first kappa shape index (κ1) is 13.8. The first-order chi connectivity index (χ1) is 10.2. The number of anilines is 1. The molecule has 0 spiro atoms. The maximum Gasteiger partial charge on any atom is 0.229 e. The van der Waals surface area contributed by atoms with Crippen molar-refractivity contribution in [2.45, 2.75) is 31.8 Å². The molecule has 3 rings (SSSR count). The van der Waals surface area contributed by atoms with E-state index in [9.17, 15) is 4.79 Å². The molecule has 2 unspecified atom stereocenters. The largest absolute Gasteiger partial charge is 0.324 e. The number of fused-ring (bicyclic) bond motifs is 1. The van der Waals surface area contributed by atoms with Crippen molar-refractivity contribution in [3.63, 3.8) is 0 Å². The Morgan fingerprint density at radius 2 is 1.86 bits per heavy atom. The summed E-state index contributed by atoms with van der Waals surface area (Å²) in [6.45, 7) is 2.09. The van der Waals surface area contributed by atoms with Gasteiger partial charge in [0, 0.05) is 24.2 Å². The zero-order chi connectivity index (χ0) is 14.8. The SMILES string of the molecule is CC1Cc2ccccc2N1C(=O)CC(N)c1ccccc1. The Balaban J connectivity index is 1.77. The van der Waals surface area contributed by atoms with Gasteiger partial charge in [-0.1, -0.05) is 48.5 Å². The molecule has 2 aromatic rings. The lowest BCUT2D eigenvalue weighted by atomic mass is 10.0. The van der Waals surface area contributed by atoms with Crippen LogP contribution in [0.15, 0.2) is 54.6 Å². The second-order valence-electron chi connectivity index (χ2n) is 5.67. The van der Waals surface area contributed by atoms with E-state index in [1.807, 2.05) is 53.4 Å². The maximum atomic E-state index is 12.6. The third kappa shape index (κ3) is 2.69. The molecule has 0 aromatic heterocycles. The minimum absolute atomic E-state index is 0.101. The minimum Gasteiger partial charge on any atom is -0.324 e. The first-order valence-electron chi connectivity index (χ1n) is 7.37. The van der Waals surface area contributed by atoms with Crippen molar-refractivity contribution in [3.8, 4) is 0 Å². The quantitative estimate of drug-likeness (QED) is 0.939. The van der Waals surface area contributed by atoms with Gasteiger partial charge in [-0.05, 0) is 30.5 Å². The summed E-state index contributed by atoms with van der Waals surface area (Å²) < 4.78 is 0. The third-order valence-corrected chi connectivity index (χ3v) is 4.10. The van der Waals surface area contributed by atoms with Gasteiger partial charge in [-0.2, -0.15) is 0 Å². The Hall–Kier alpha value is -2.13. The molecule has 0 saturated carbocycles. The van der Waals surface area contributed by atoms with E-state index in [4.69, 9.17) is 5.73 Å². The van der Waals surface area contributed by atoms with Crippen LogP contribution in [0.3, 0.4) is 0 Å². The summed E-state index contributed by atoms with van der Waals surface area (Å²) in [5.74, 6) is 0.101. The van der Waals surface area contributed by atoms with E-state index in [-0.39, 0.29) is 18.0 Å². The highest BCUT2D eigenvalue weighted by Gasteiger charge is 2.31. The molecule has 2 aromatic carbocycles. The van der Waals surface area contributed by atoms with E-state index < -0.39 is 0 Å². The average Bonchev–Trinajstić information content (AvgIpc) is 2.83. The standard InChI is InChI=1S/C18H20N2O/c1-13-11-15-9-5-6-10-17(15)20(13)18(21)12-16(19)14-7-3-2-4-8-14/h2-10,13,16H,11-12,19H2,1H3. The minimum atomic E-state index is -0.251. The molecule has 3 nitrogen and oxygen atoms in total. The molecule has 2 atom stereocenters. The van der Waals surface area contributed by atoms with Gasteiger partial charge in [-0.25, -0.2) is 0 Å². The molecule has 0 bridgehead atoms. The molecule has 2 N–H and O–H groups in total. The highest BCUT2D eigenvalue weighted by atomic mass is 16.2. The van der Waals surface area contributed by atoms with Crippen molar-refractivity contribution in [1.82, 2.24) is 0 Å². The van der Waals surface area contributed by atoms with Gasteiger partial charge in [0.05, 0.1) is 0 Å². The van der Waals surface area contributed by atoms with Crippen LogP contribution in [0.5, 0.6) is 0 Å². The molecular weight excluding hydrogens is 260 g/mol. The summed E-state index contributed by atoms with van der Waals surface area (Å²) in [6.07, 6.45) is 1.26.